The van der Waals surface area contributed by atoms with Crippen LogP contribution in [0.25, 0.3) is 11.1 Å². The quantitative estimate of drug-likeness (QED) is 0.861. The molecular formula is C16H15ClF3N. The molecule has 0 amide bonds. The maximum atomic E-state index is 12.7. The minimum absolute atomic E-state index is 0. The SMILES string of the molecule is Cl.NC1CC1c1ccc(-c2cccc(C(F)(F)F)c2)cc1. The van der Waals surface area contributed by atoms with Crippen LogP contribution in [-0.2, 0) is 6.18 Å². The number of alkyl halides is 3. The number of halogens is 4. The van der Waals surface area contributed by atoms with Gasteiger partial charge in [-0.15, -0.1) is 12.4 Å². The van der Waals surface area contributed by atoms with Crippen molar-refractivity contribution in [3.8, 4) is 11.1 Å². The Morgan fingerprint density at radius 1 is 0.952 bits per heavy atom. The monoisotopic (exact) mass is 313 g/mol. The molecule has 1 aliphatic carbocycles. The lowest BCUT2D eigenvalue weighted by molar-refractivity contribution is -0.137. The van der Waals surface area contributed by atoms with E-state index in [1.807, 2.05) is 24.3 Å². The summed E-state index contributed by atoms with van der Waals surface area (Å²) in [5.41, 5.74) is 7.69. The summed E-state index contributed by atoms with van der Waals surface area (Å²) in [5.74, 6) is 0.408. The zero-order valence-corrected chi connectivity index (χ0v) is 11.9. The Hall–Kier alpha value is -1.52. The summed E-state index contributed by atoms with van der Waals surface area (Å²) in [5, 5.41) is 0. The lowest BCUT2D eigenvalue weighted by Gasteiger charge is -2.09. The Bertz CT molecular complexity index is 622. The van der Waals surface area contributed by atoms with Crippen LogP contribution in [0.1, 0.15) is 23.5 Å². The molecule has 1 saturated carbocycles. The van der Waals surface area contributed by atoms with E-state index in [2.05, 4.69) is 0 Å². The molecule has 1 nitrogen and oxygen atoms in total. The van der Waals surface area contributed by atoms with Crippen molar-refractivity contribution in [2.45, 2.75) is 24.6 Å². The fourth-order valence-corrected chi connectivity index (χ4v) is 2.40. The normalized spacial score (nSPS) is 20.8. The average molecular weight is 314 g/mol. The van der Waals surface area contributed by atoms with Crippen LogP contribution in [-0.4, -0.2) is 6.04 Å². The van der Waals surface area contributed by atoms with E-state index in [1.54, 1.807) is 6.07 Å². The molecule has 1 fully saturated rings. The Morgan fingerprint density at radius 3 is 2.10 bits per heavy atom. The highest BCUT2D eigenvalue weighted by Crippen LogP contribution is 2.39. The van der Waals surface area contributed by atoms with Crippen molar-refractivity contribution in [1.82, 2.24) is 0 Å². The van der Waals surface area contributed by atoms with Crippen LogP contribution in [0, 0.1) is 0 Å². The molecule has 1 aliphatic rings. The molecule has 0 spiro atoms. The molecule has 0 radical (unpaired) electrons. The van der Waals surface area contributed by atoms with Crippen LogP contribution < -0.4 is 5.73 Å². The van der Waals surface area contributed by atoms with Crippen LogP contribution >= 0.6 is 12.4 Å². The minimum Gasteiger partial charge on any atom is -0.327 e. The zero-order chi connectivity index (χ0) is 14.3. The summed E-state index contributed by atoms with van der Waals surface area (Å²) in [4.78, 5) is 0. The van der Waals surface area contributed by atoms with Gasteiger partial charge in [0.1, 0.15) is 0 Å². The number of nitrogens with two attached hydrogens (primary N) is 1. The first kappa shape index (κ1) is 15.9. The molecule has 5 heteroatoms. The van der Waals surface area contributed by atoms with Crippen molar-refractivity contribution >= 4 is 12.4 Å². The number of hydrogen-bond donors (Lipinski definition) is 1. The molecule has 3 rings (SSSR count). The van der Waals surface area contributed by atoms with Crippen LogP contribution in [0.5, 0.6) is 0 Å². The van der Waals surface area contributed by atoms with Gasteiger partial charge in [0.15, 0.2) is 0 Å². The van der Waals surface area contributed by atoms with Gasteiger partial charge in [-0.3, -0.25) is 0 Å². The van der Waals surface area contributed by atoms with E-state index in [4.69, 9.17) is 5.73 Å². The third-order valence-corrected chi connectivity index (χ3v) is 3.70. The smallest absolute Gasteiger partial charge is 0.327 e. The Morgan fingerprint density at radius 2 is 1.57 bits per heavy atom. The third-order valence-electron chi connectivity index (χ3n) is 3.70. The van der Waals surface area contributed by atoms with Gasteiger partial charge in [-0.05, 0) is 35.2 Å². The average Bonchev–Trinajstić information content (AvgIpc) is 3.15. The predicted molar refractivity (Wildman–Crippen MR) is 79.5 cm³/mol. The number of rotatable bonds is 2. The maximum Gasteiger partial charge on any atom is 0.416 e. The lowest BCUT2D eigenvalue weighted by Crippen LogP contribution is -2.04. The summed E-state index contributed by atoms with van der Waals surface area (Å²) in [6.07, 6.45) is -3.32. The van der Waals surface area contributed by atoms with Crippen molar-refractivity contribution in [1.29, 1.82) is 0 Å². The van der Waals surface area contributed by atoms with Gasteiger partial charge in [0, 0.05) is 12.0 Å². The molecule has 2 atom stereocenters. The Labute approximate surface area is 127 Å². The van der Waals surface area contributed by atoms with Crippen molar-refractivity contribution in [3.05, 3.63) is 59.7 Å². The highest BCUT2D eigenvalue weighted by molar-refractivity contribution is 5.85. The maximum absolute atomic E-state index is 12.7. The van der Waals surface area contributed by atoms with Gasteiger partial charge in [0.2, 0.25) is 0 Å². The Balaban J connectivity index is 0.00000161. The molecular weight excluding hydrogens is 299 g/mol. The minimum atomic E-state index is -4.31. The van der Waals surface area contributed by atoms with Crippen molar-refractivity contribution < 1.29 is 13.2 Å². The van der Waals surface area contributed by atoms with E-state index in [-0.39, 0.29) is 18.4 Å². The molecule has 0 aromatic heterocycles. The standard InChI is InChI=1S/C16H14F3N.ClH/c17-16(18,19)13-3-1-2-12(8-13)10-4-6-11(7-5-10)14-9-15(14)20;/h1-8,14-15H,9,20H2;1H. The zero-order valence-electron chi connectivity index (χ0n) is 11.1. The van der Waals surface area contributed by atoms with Gasteiger partial charge in [0.25, 0.3) is 0 Å². The lowest BCUT2D eigenvalue weighted by atomic mass is 10.0. The fourth-order valence-electron chi connectivity index (χ4n) is 2.40. The molecule has 2 aromatic rings. The second-order valence-electron chi connectivity index (χ2n) is 5.21. The summed E-state index contributed by atoms with van der Waals surface area (Å²) in [6.45, 7) is 0. The van der Waals surface area contributed by atoms with Crippen LogP contribution in [0.15, 0.2) is 48.5 Å². The van der Waals surface area contributed by atoms with E-state index < -0.39 is 11.7 Å². The molecule has 112 valence electrons. The van der Waals surface area contributed by atoms with Crippen molar-refractivity contribution in [2.24, 2.45) is 5.73 Å². The topological polar surface area (TPSA) is 26.0 Å². The highest BCUT2D eigenvalue weighted by Gasteiger charge is 2.34. The predicted octanol–water partition coefficient (Wildman–Crippen LogP) is 4.61. The molecule has 0 heterocycles. The van der Waals surface area contributed by atoms with Gasteiger partial charge in [-0.2, -0.15) is 13.2 Å². The van der Waals surface area contributed by atoms with E-state index in [0.29, 0.717) is 11.5 Å². The molecule has 2 unspecified atom stereocenters. The molecule has 2 N–H and O–H groups in total. The highest BCUT2D eigenvalue weighted by atomic mass is 35.5. The first-order chi connectivity index (χ1) is 9.45. The Kier molecular flexibility index (Phi) is 4.30. The summed E-state index contributed by atoms with van der Waals surface area (Å²) in [6, 6.07) is 13.2. The largest absolute Gasteiger partial charge is 0.416 e. The fraction of sp³-hybridized carbons (Fsp3) is 0.250. The van der Waals surface area contributed by atoms with Crippen molar-refractivity contribution in [3.63, 3.8) is 0 Å². The van der Waals surface area contributed by atoms with E-state index >= 15 is 0 Å². The first-order valence-corrected chi connectivity index (χ1v) is 6.48. The number of hydrogen-bond acceptors (Lipinski definition) is 1. The summed E-state index contributed by atoms with van der Waals surface area (Å²) < 4.78 is 38.1. The van der Waals surface area contributed by atoms with Crippen LogP contribution in [0.3, 0.4) is 0 Å². The third kappa shape index (κ3) is 3.39. The summed E-state index contributed by atoms with van der Waals surface area (Å²) >= 11 is 0. The van der Waals surface area contributed by atoms with Gasteiger partial charge in [-0.25, -0.2) is 0 Å². The van der Waals surface area contributed by atoms with Gasteiger partial charge in [0.05, 0.1) is 5.56 Å². The molecule has 0 saturated heterocycles. The van der Waals surface area contributed by atoms with E-state index in [1.165, 1.54) is 12.1 Å². The van der Waals surface area contributed by atoms with E-state index in [0.717, 1.165) is 23.6 Å². The first-order valence-electron chi connectivity index (χ1n) is 6.48. The second-order valence-corrected chi connectivity index (χ2v) is 5.21. The van der Waals surface area contributed by atoms with Crippen molar-refractivity contribution in [2.75, 3.05) is 0 Å². The molecule has 0 bridgehead atoms. The van der Waals surface area contributed by atoms with Gasteiger partial charge in [-0.1, -0.05) is 36.4 Å². The van der Waals surface area contributed by atoms with E-state index in [9.17, 15) is 13.2 Å². The van der Waals surface area contributed by atoms with Crippen LogP contribution in [0.4, 0.5) is 13.2 Å². The molecule has 0 aliphatic heterocycles. The number of benzene rings is 2. The van der Waals surface area contributed by atoms with Gasteiger partial charge < -0.3 is 5.73 Å². The second kappa shape index (κ2) is 5.70. The van der Waals surface area contributed by atoms with Crippen LogP contribution in [0.2, 0.25) is 0 Å². The molecule has 2 aromatic carbocycles. The molecule has 21 heavy (non-hydrogen) atoms. The van der Waals surface area contributed by atoms with Gasteiger partial charge >= 0.3 is 6.18 Å². The summed E-state index contributed by atoms with van der Waals surface area (Å²) in [7, 11) is 0.